The van der Waals surface area contributed by atoms with Crippen LogP contribution in [-0.4, -0.2) is 29.4 Å². The molecule has 5 heteroatoms. The van der Waals surface area contributed by atoms with E-state index in [-0.39, 0.29) is 0 Å². The molecule has 0 spiro atoms. The fraction of sp³-hybridized carbons (Fsp3) is 0.318. The minimum absolute atomic E-state index is 0.579. The maximum Gasteiger partial charge on any atom is 0.124 e. The molecule has 5 nitrogen and oxygen atoms in total. The highest BCUT2D eigenvalue weighted by Crippen LogP contribution is 2.32. The highest BCUT2D eigenvalue weighted by molar-refractivity contribution is 5.97. The molecule has 1 unspecified atom stereocenters. The van der Waals surface area contributed by atoms with Crippen LogP contribution in [0.4, 0.5) is 5.69 Å². The summed E-state index contributed by atoms with van der Waals surface area (Å²) < 4.78 is 5.39. The molecular formula is C22H23N3O2. The third kappa shape index (κ3) is 3.55. The van der Waals surface area contributed by atoms with Crippen molar-refractivity contribution in [2.24, 2.45) is 0 Å². The van der Waals surface area contributed by atoms with Crippen LogP contribution in [0.15, 0.2) is 59.2 Å². The van der Waals surface area contributed by atoms with Crippen molar-refractivity contribution >= 4 is 16.5 Å². The van der Waals surface area contributed by atoms with E-state index in [0.717, 1.165) is 48.2 Å². The Morgan fingerprint density at radius 3 is 2.63 bits per heavy atom. The van der Waals surface area contributed by atoms with Gasteiger partial charge < -0.3 is 14.5 Å². The summed E-state index contributed by atoms with van der Waals surface area (Å²) in [5, 5.41) is 26.5. The number of rotatable bonds is 5. The third-order valence-corrected chi connectivity index (χ3v) is 5.19. The van der Waals surface area contributed by atoms with E-state index in [1.165, 1.54) is 0 Å². The number of nitrogens with zero attached hydrogens (tertiary/aromatic N) is 3. The van der Waals surface area contributed by atoms with E-state index in [1.54, 1.807) is 6.26 Å². The standard InChI is InChI=1S/C22H23N3O2/c23-16-17-9-11-21(20-8-2-1-7-19(17)20)24-13-3-4-14-25(24)22(26)12-10-18-6-5-15-27-18/h1-2,5-9,11,15,22,26H,3-4,10,12-14H2. The van der Waals surface area contributed by atoms with Crippen LogP contribution in [0.5, 0.6) is 0 Å². The number of aliphatic hydroxyl groups excluding tert-OH is 1. The van der Waals surface area contributed by atoms with Gasteiger partial charge in [-0.2, -0.15) is 10.3 Å². The van der Waals surface area contributed by atoms with Gasteiger partial charge >= 0.3 is 0 Å². The Morgan fingerprint density at radius 2 is 1.85 bits per heavy atom. The molecular weight excluding hydrogens is 338 g/mol. The molecule has 0 aliphatic carbocycles. The molecule has 1 aliphatic heterocycles. The van der Waals surface area contributed by atoms with Crippen molar-refractivity contribution in [1.82, 2.24) is 5.01 Å². The molecule has 2 heterocycles. The topological polar surface area (TPSA) is 63.6 Å². The third-order valence-electron chi connectivity index (χ3n) is 5.19. The van der Waals surface area contributed by atoms with Crippen molar-refractivity contribution in [3.8, 4) is 6.07 Å². The Balaban J connectivity index is 1.63. The number of hydrazine groups is 1. The van der Waals surface area contributed by atoms with Gasteiger partial charge in [-0.25, -0.2) is 0 Å². The van der Waals surface area contributed by atoms with Gasteiger partial charge in [0.1, 0.15) is 12.0 Å². The summed E-state index contributed by atoms with van der Waals surface area (Å²) in [5.41, 5.74) is 1.72. The first-order valence-electron chi connectivity index (χ1n) is 9.44. The molecule has 0 bridgehead atoms. The number of aliphatic hydroxyl groups is 1. The van der Waals surface area contributed by atoms with Gasteiger partial charge in [-0.15, -0.1) is 0 Å². The normalized spacial score (nSPS) is 16.4. The van der Waals surface area contributed by atoms with Crippen molar-refractivity contribution < 1.29 is 9.52 Å². The fourth-order valence-electron chi connectivity index (χ4n) is 3.83. The van der Waals surface area contributed by atoms with Crippen LogP contribution in [0.3, 0.4) is 0 Å². The molecule has 1 aliphatic rings. The zero-order valence-electron chi connectivity index (χ0n) is 15.2. The predicted octanol–water partition coefficient (Wildman–Crippen LogP) is 4.07. The van der Waals surface area contributed by atoms with Crippen molar-refractivity contribution in [2.45, 2.75) is 31.9 Å². The molecule has 1 N–H and O–H groups in total. The van der Waals surface area contributed by atoms with Crippen LogP contribution in [0.1, 0.15) is 30.6 Å². The summed E-state index contributed by atoms with van der Waals surface area (Å²) in [6.45, 7) is 1.67. The quantitative estimate of drug-likeness (QED) is 0.742. The maximum absolute atomic E-state index is 10.9. The van der Waals surface area contributed by atoms with Crippen molar-refractivity contribution in [3.63, 3.8) is 0 Å². The molecule has 4 rings (SSSR count). The summed E-state index contributed by atoms with van der Waals surface area (Å²) in [6, 6.07) is 17.9. The minimum atomic E-state index is -0.579. The Bertz CT molecular complexity index is 946. The van der Waals surface area contributed by atoms with Gasteiger partial charge in [-0.1, -0.05) is 24.3 Å². The highest BCUT2D eigenvalue weighted by atomic mass is 16.3. The van der Waals surface area contributed by atoms with Crippen LogP contribution in [0, 0.1) is 11.3 Å². The van der Waals surface area contributed by atoms with Crippen LogP contribution >= 0.6 is 0 Å². The second kappa shape index (κ2) is 7.83. The summed E-state index contributed by atoms with van der Waals surface area (Å²) >= 11 is 0. The average Bonchev–Trinajstić information content (AvgIpc) is 3.25. The summed E-state index contributed by atoms with van der Waals surface area (Å²) in [6.07, 6.45) is 4.53. The second-order valence-electron chi connectivity index (χ2n) is 6.88. The zero-order chi connectivity index (χ0) is 18.6. The number of aryl methyl sites for hydroxylation is 1. The molecule has 0 saturated carbocycles. The Kier molecular flexibility index (Phi) is 5.10. The first-order valence-corrected chi connectivity index (χ1v) is 9.44. The maximum atomic E-state index is 10.9. The largest absolute Gasteiger partial charge is 0.469 e. The zero-order valence-corrected chi connectivity index (χ0v) is 15.2. The van der Waals surface area contributed by atoms with E-state index in [0.29, 0.717) is 18.4 Å². The Hall–Kier alpha value is -2.81. The predicted molar refractivity (Wildman–Crippen MR) is 105 cm³/mol. The summed E-state index contributed by atoms with van der Waals surface area (Å²) in [4.78, 5) is 0. The van der Waals surface area contributed by atoms with Gasteiger partial charge in [-0.05, 0) is 43.5 Å². The Morgan fingerprint density at radius 1 is 1.04 bits per heavy atom. The first kappa shape index (κ1) is 17.6. The molecule has 1 atom stereocenters. The van der Waals surface area contributed by atoms with Crippen LogP contribution in [0.25, 0.3) is 10.8 Å². The lowest BCUT2D eigenvalue weighted by molar-refractivity contribution is -0.0209. The molecule has 27 heavy (non-hydrogen) atoms. The smallest absolute Gasteiger partial charge is 0.124 e. The van der Waals surface area contributed by atoms with E-state index in [1.807, 2.05) is 48.5 Å². The van der Waals surface area contributed by atoms with Crippen molar-refractivity contribution in [1.29, 1.82) is 5.26 Å². The number of hydrogen-bond acceptors (Lipinski definition) is 5. The highest BCUT2D eigenvalue weighted by Gasteiger charge is 2.27. The molecule has 1 aromatic heterocycles. The summed E-state index contributed by atoms with van der Waals surface area (Å²) in [7, 11) is 0. The molecule has 0 amide bonds. The minimum Gasteiger partial charge on any atom is -0.469 e. The van der Waals surface area contributed by atoms with Crippen LogP contribution in [0.2, 0.25) is 0 Å². The van der Waals surface area contributed by atoms with Crippen LogP contribution < -0.4 is 5.01 Å². The fourth-order valence-corrected chi connectivity index (χ4v) is 3.83. The van der Waals surface area contributed by atoms with Gasteiger partial charge in [0.2, 0.25) is 0 Å². The Labute approximate surface area is 159 Å². The van der Waals surface area contributed by atoms with Gasteiger partial charge in [-0.3, -0.25) is 0 Å². The number of benzene rings is 2. The molecule has 1 saturated heterocycles. The van der Waals surface area contributed by atoms with Gasteiger partial charge in [0, 0.05) is 30.3 Å². The van der Waals surface area contributed by atoms with Crippen molar-refractivity contribution in [2.75, 3.05) is 18.1 Å². The first-order chi connectivity index (χ1) is 13.3. The molecule has 0 radical (unpaired) electrons. The summed E-state index contributed by atoms with van der Waals surface area (Å²) in [5.74, 6) is 0.890. The van der Waals surface area contributed by atoms with E-state index < -0.39 is 6.23 Å². The number of hydrogen-bond donors (Lipinski definition) is 1. The van der Waals surface area contributed by atoms with E-state index in [4.69, 9.17) is 4.42 Å². The van der Waals surface area contributed by atoms with Crippen molar-refractivity contribution in [3.05, 3.63) is 66.1 Å². The van der Waals surface area contributed by atoms with E-state index in [2.05, 4.69) is 16.1 Å². The number of anilines is 1. The second-order valence-corrected chi connectivity index (χ2v) is 6.88. The van der Waals surface area contributed by atoms with Gasteiger partial charge in [0.25, 0.3) is 0 Å². The molecule has 138 valence electrons. The molecule has 3 aromatic rings. The average molecular weight is 361 g/mol. The lowest BCUT2D eigenvalue weighted by Gasteiger charge is -2.43. The van der Waals surface area contributed by atoms with E-state index >= 15 is 0 Å². The van der Waals surface area contributed by atoms with Crippen LogP contribution in [-0.2, 0) is 6.42 Å². The number of nitriles is 1. The van der Waals surface area contributed by atoms with Gasteiger partial charge in [0.05, 0.1) is 23.6 Å². The number of fused-ring (bicyclic) bond motifs is 1. The lowest BCUT2D eigenvalue weighted by Crippen LogP contribution is -2.53. The lowest BCUT2D eigenvalue weighted by atomic mass is 10.0. The molecule has 2 aromatic carbocycles. The SMILES string of the molecule is N#Cc1ccc(N2CCCCN2C(O)CCc2ccco2)c2ccccc12. The number of furan rings is 1. The van der Waals surface area contributed by atoms with E-state index in [9.17, 15) is 10.4 Å². The monoisotopic (exact) mass is 361 g/mol. The van der Waals surface area contributed by atoms with Gasteiger partial charge in [0.15, 0.2) is 0 Å². The molecule has 1 fully saturated rings.